The van der Waals surface area contributed by atoms with Crippen molar-refractivity contribution in [1.29, 1.82) is 0 Å². The molecule has 0 aliphatic rings. The second-order valence-corrected chi connectivity index (χ2v) is 10.7. The molecule has 0 spiro atoms. The molecule has 1 amide bonds. The van der Waals surface area contributed by atoms with Gasteiger partial charge in [0, 0.05) is 51.4 Å². The Hall–Kier alpha value is -5.50. The van der Waals surface area contributed by atoms with E-state index in [1.165, 1.54) is 24.3 Å². The number of furan rings is 1. The van der Waals surface area contributed by atoms with Crippen LogP contribution in [0.4, 0.5) is 18.9 Å². The predicted octanol–water partition coefficient (Wildman–Crippen LogP) is 9.55. The van der Waals surface area contributed by atoms with Gasteiger partial charge in [-0.2, -0.15) is 13.2 Å². The van der Waals surface area contributed by atoms with E-state index in [4.69, 9.17) is 4.42 Å². The van der Waals surface area contributed by atoms with Crippen LogP contribution in [0, 0.1) is 0 Å². The number of amides is 1. The fourth-order valence-electron chi connectivity index (χ4n) is 5.84. The summed E-state index contributed by atoms with van der Waals surface area (Å²) in [5.74, 6) is -0.367. The number of nitrogens with one attached hydrogen (secondary N) is 3. The molecule has 4 aromatic carbocycles. The van der Waals surface area contributed by atoms with Gasteiger partial charge in [-0.25, -0.2) is 0 Å². The number of aromatic amines is 2. The van der Waals surface area contributed by atoms with Gasteiger partial charge in [0.05, 0.1) is 5.56 Å². The Labute approximate surface area is 250 Å². The van der Waals surface area contributed by atoms with Crippen LogP contribution in [0.1, 0.15) is 38.7 Å². The van der Waals surface area contributed by atoms with E-state index < -0.39 is 17.6 Å². The minimum atomic E-state index is -4.48. The van der Waals surface area contributed by atoms with Gasteiger partial charge in [-0.05, 0) is 65.6 Å². The molecule has 44 heavy (non-hydrogen) atoms. The van der Waals surface area contributed by atoms with Crippen LogP contribution in [0.15, 0.2) is 126 Å². The predicted molar refractivity (Wildman–Crippen MR) is 166 cm³/mol. The lowest BCUT2D eigenvalue weighted by molar-refractivity contribution is -0.137. The van der Waals surface area contributed by atoms with E-state index in [0.717, 1.165) is 50.6 Å². The third-order valence-electron chi connectivity index (χ3n) is 7.99. The number of rotatable bonds is 7. The monoisotopic (exact) mass is 589 g/mol. The second kappa shape index (κ2) is 11.0. The van der Waals surface area contributed by atoms with Crippen LogP contribution in [0.3, 0.4) is 0 Å². The summed E-state index contributed by atoms with van der Waals surface area (Å²) < 4.78 is 45.4. The summed E-state index contributed by atoms with van der Waals surface area (Å²) in [6, 6.07) is 31.8. The van der Waals surface area contributed by atoms with Crippen molar-refractivity contribution in [3.63, 3.8) is 0 Å². The van der Waals surface area contributed by atoms with Gasteiger partial charge in [0.15, 0.2) is 5.76 Å². The number of carbonyl (C=O) groups excluding carboxylic acids is 1. The zero-order valence-corrected chi connectivity index (χ0v) is 23.3. The Morgan fingerprint density at radius 2 is 1.39 bits per heavy atom. The largest absolute Gasteiger partial charge is 0.451 e. The summed E-state index contributed by atoms with van der Waals surface area (Å²) in [4.78, 5) is 20.1. The maximum Gasteiger partial charge on any atom is 0.416 e. The van der Waals surface area contributed by atoms with Gasteiger partial charge in [-0.3, -0.25) is 4.79 Å². The number of hydrogen-bond acceptors (Lipinski definition) is 2. The van der Waals surface area contributed by atoms with Crippen LogP contribution >= 0.6 is 0 Å². The van der Waals surface area contributed by atoms with Crippen LogP contribution in [0.5, 0.6) is 0 Å². The Morgan fingerprint density at radius 3 is 2.07 bits per heavy atom. The molecule has 7 aromatic rings. The molecule has 0 fully saturated rings. The van der Waals surface area contributed by atoms with E-state index >= 15 is 0 Å². The van der Waals surface area contributed by atoms with Crippen molar-refractivity contribution in [1.82, 2.24) is 9.97 Å². The SMILES string of the molecule is O=C(Nc1ccccc1CC(c1c[nH]c2ccccc12)c1c[nH]c2ccccc12)c1ccc(-c2cccc(C(F)(F)F)c2)o1. The molecule has 5 nitrogen and oxygen atoms in total. The molecule has 0 aliphatic heterocycles. The number of benzene rings is 4. The second-order valence-electron chi connectivity index (χ2n) is 10.7. The van der Waals surface area contributed by atoms with Gasteiger partial charge < -0.3 is 19.7 Å². The van der Waals surface area contributed by atoms with Gasteiger partial charge in [-0.15, -0.1) is 0 Å². The van der Waals surface area contributed by atoms with E-state index in [2.05, 4.69) is 51.9 Å². The highest BCUT2D eigenvalue weighted by molar-refractivity contribution is 6.03. The number of carbonyl (C=O) groups is 1. The summed E-state index contributed by atoms with van der Waals surface area (Å²) >= 11 is 0. The molecule has 3 heterocycles. The highest BCUT2D eigenvalue weighted by Gasteiger charge is 2.31. The molecule has 7 rings (SSSR count). The molecule has 218 valence electrons. The molecular formula is C36H26F3N3O2. The van der Waals surface area contributed by atoms with E-state index in [0.29, 0.717) is 12.1 Å². The average Bonchev–Trinajstić information content (AvgIpc) is 3.79. The minimum Gasteiger partial charge on any atom is -0.451 e. The fraction of sp³-hybridized carbons (Fsp3) is 0.0833. The number of hydrogen-bond donors (Lipinski definition) is 3. The number of fused-ring (bicyclic) bond motifs is 2. The van der Waals surface area contributed by atoms with Gasteiger partial charge in [0.1, 0.15) is 5.76 Å². The zero-order valence-electron chi connectivity index (χ0n) is 23.3. The minimum absolute atomic E-state index is 0.00276. The lowest BCUT2D eigenvalue weighted by Crippen LogP contribution is -2.14. The zero-order chi connectivity index (χ0) is 30.3. The molecular weight excluding hydrogens is 563 g/mol. The first kappa shape index (κ1) is 27.3. The van der Waals surface area contributed by atoms with Crippen molar-refractivity contribution in [2.24, 2.45) is 0 Å². The van der Waals surface area contributed by atoms with Crippen LogP contribution < -0.4 is 5.32 Å². The van der Waals surface area contributed by atoms with Crippen molar-refractivity contribution >= 4 is 33.4 Å². The molecule has 0 aliphatic carbocycles. The molecule has 0 unspecified atom stereocenters. The van der Waals surface area contributed by atoms with Crippen LogP contribution in [-0.2, 0) is 12.6 Å². The van der Waals surface area contributed by atoms with Crippen molar-refractivity contribution in [2.45, 2.75) is 18.5 Å². The van der Waals surface area contributed by atoms with Gasteiger partial charge in [0.25, 0.3) is 5.91 Å². The lowest BCUT2D eigenvalue weighted by atomic mass is 9.85. The number of para-hydroxylation sites is 3. The normalized spacial score (nSPS) is 11.9. The van der Waals surface area contributed by atoms with Crippen LogP contribution in [0.25, 0.3) is 33.1 Å². The average molecular weight is 590 g/mol. The molecule has 0 atom stereocenters. The van der Waals surface area contributed by atoms with E-state index in [-0.39, 0.29) is 23.0 Å². The molecule has 0 saturated heterocycles. The lowest BCUT2D eigenvalue weighted by Gasteiger charge is -2.19. The highest BCUT2D eigenvalue weighted by atomic mass is 19.4. The van der Waals surface area contributed by atoms with Gasteiger partial charge >= 0.3 is 6.18 Å². The first-order chi connectivity index (χ1) is 21.3. The van der Waals surface area contributed by atoms with Crippen molar-refractivity contribution in [3.8, 4) is 11.3 Å². The quantitative estimate of drug-likeness (QED) is 0.173. The summed E-state index contributed by atoms with van der Waals surface area (Å²) in [5.41, 5.74) is 5.37. The number of anilines is 1. The number of aromatic nitrogens is 2. The van der Waals surface area contributed by atoms with Gasteiger partial charge in [0.2, 0.25) is 0 Å². The van der Waals surface area contributed by atoms with Crippen molar-refractivity contribution < 1.29 is 22.4 Å². The standard InChI is InChI=1S/C36H26F3N3O2/c37-36(38,39)24-10-7-9-23(18-24)33-16-17-34(44-33)35(43)42-30-13-4-1-8-22(30)19-27(28-20-40-31-14-5-2-11-25(28)31)29-21-41-32-15-6-3-12-26(29)32/h1-18,20-21,27,40-41H,19H2,(H,42,43). The summed E-state index contributed by atoms with van der Waals surface area (Å²) in [7, 11) is 0. The Bertz CT molecular complexity index is 2040. The Kier molecular flexibility index (Phi) is 6.81. The first-order valence-electron chi connectivity index (χ1n) is 14.1. The molecule has 0 radical (unpaired) electrons. The summed E-state index contributed by atoms with van der Waals surface area (Å²) in [5, 5.41) is 5.22. The van der Waals surface area contributed by atoms with Crippen molar-refractivity contribution in [3.05, 3.63) is 150 Å². The highest BCUT2D eigenvalue weighted by Crippen LogP contribution is 2.38. The van der Waals surface area contributed by atoms with Crippen LogP contribution in [-0.4, -0.2) is 15.9 Å². The third-order valence-corrected chi connectivity index (χ3v) is 7.99. The van der Waals surface area contributed by atoms with Crippen LogP contribution in [0.2, 0.25) is 0 Å². The smallest absolute Gasteiger partial charge is 0.416 e. The number of H-pyrrole nitrogens is 2. The topological polar surface area (TPSA) is 73.8 Å². The van der Waals surface area contributed by atoms with Crippen molar-refractivity contribution in [2.75, 3.05) is 5.32 Å². The number of halogens is 3. The maximum absolute atomic E-state index is 13.3. The van der Waals surface area contributed by atoms with Gasteiger partial charge in [-0.1, -0.05) is 66.7 Å². The molecule has 0 saturated carbocycles. The molecule has 3 N–H and O–H groups in total. The molecule has 0 bridgehead atoms. The van der Waals surface area contributed by atoms with E-state index in [1.54, 1.807) is 0 Å². The Morgan fingerprint density at radius 1 is 0.750 bits per heavy atom. The summed E-state index contributed by atoms with van der Waals surface area (Å²) in [6.07, 6.45) is 0.213. The fourth-order valence-corrected chi connectivity index (χ4v) is 5.84. The first-order valence-corrected chi connectivity index (χ1v) is 14.1. The number of alkyl halides is 3. The third kappa shape index (κ3) is 5.15. The van der Waals surface area contributed by atoms with E-state index in [1.807, 2.05) is 48.5 Å². The van der Waals surface area contributed by atoms with E-state index in [9.17, 15) is 18.0 Å². The molecule has 8 heteroatoms. The maximum atomic E-state index is 13.3. The molecule has 3 aromatic heterocycles. The Balaban J connectivity index is 1.21. The summed E-state index contributed by atoms with van der Waals surface area (Å²) in [6.45, 7) is 0.